The van der Waals surface area contributed by atoms with E-state index in [1.54, 1.807) is 6.08 Å². The molecule has 0 aliphatic carbocycles. The highest BCUT2D eigenvalue weighted by molar-refractivity contribution is 9.10. The van der Waals surface area contributed by atoms with Gasteiger partial charge in [-0.1, -0.05) is 39.3 Å². The number of benzene rings is 1. The first-order valence-corrected chi connectivity index (χ1v) is 5.99. The van der Waals surface area contributed by atoms with E-state index in [0.717, 1.165) is 10.0 Å². The lowest BCUT2D eigenvalue weighted by Gasteiger charge is -1.96. The Kier molecular flexibility index (Phi) is 4.06. The zero-order chi connectivity index (χ0) is 12.1. The van der Waals surface area contributed by atoms with Crippen molar-refractivity contribution in [3.05, 3.63) is 47.3 Å². The number of hydrogen-bond donors (Lipinski definition) is 1. The topological polar surface area (TPSA) is 51.0 Å². The first-order valence-electron chi connectivity index (χ1n) is 5.20. The van der Waals surface area contributed by atoms with E-state index in [9.17, 15) is 0 Å². The minimum absolute atomic E-state index is 0.545. The SMILES string of the molecule is C=CCNCc1nc(-c2ccccc2Br)no1. The molecule has 5 heteroatoms. The van der Waals surface area contributed by atoms with Gasteiger partial charge in [0.25, 0.3) is 0 Å². The number of hydrogen-bond acceptors (Lipinski definition) is 4. The van der Waals surface area contributed by atoms with Gasteiger partial charge in [0.05, 0.1) is 6.54 Å². The molecule has 0 bridgehead atoms. The summed E-state index contributed by atoms with van der Waals surface area (Å²) in [5, 5.41) is 7.05. The van der Waals surface area contributed by atoms with Gasteiger partial charge in [0, 0.05) is 16.6 Å². The molecule has 2 aromatic rings. The van der Waals surface area contributed by atoms with Gasteiger partial charge in [-0.15, -0.1) is 6.58 Å². The average Bonchev–Trinajstić information content (AvgIpc) is 2.79. The zero-order valence-electron chi connectivity index (χ0n) is 9.19. The van der Waals surface area contributed by atoms with E-state index < -0.39 is 0 Å². The Balaban J connectivity index is 2.13. The van der Waals surface area contributed by atoms with E-state index >= 15 is 0 Å². The summed E-state index contributed by atoms with van der Waals surface area (Å²) in [5.74, 6) is 1.16. The van der Waals surface area contributed by atoms with E-state index in [2.05, 4.69) is 38.0 Å². The van der Waals surface area contributed by atoms with Gasteiger partial charge >= 0.3 is 0 Å². The lowest BCUT2D eigenvalue weighted by Crippen LogP contribution is -2.12. The molecule has 0 aliphatic rings. The Hall–Kier alpha value is -1.46. The van der Waals surface area contributed by atoms with Gasteiger partial charge in [-0.05, 0) is 12.1 Å². The van der Waals surface area contributed by atoms with Gasteiger partial charge in [-0.2, -0.15) is 4.98 Å². The van der Waals surface area contributed by atoms with Crippen LogP contribution in [0.3, 0.4) is 0 Å². The lowest BCUT2D eigenvalue weighted by molar-refractivity contribution is 0.370. The molecule has 1 aromatic carbocycles. The van der Waals surface area contributed by atoms with Crippen molar-refractivity contribution in [1.82, 2.24) is 15.5 Å². The van der Waals surface area contributed by atoms with E-state index in [1.807, 2.05) is 24.3 Å². The summed E-state index contributed by atoms with van der Waals surface area (Å²) >= 11 is 3.46. The predicted molar refractivity (Wildman–Crippen MR) is 69.3 cm³/mol. The van der Waals surface area contributed by atoms with Crippen LogP contribution in [-0.4, -0.2) is 16.7 Å². The van der Waals surface area contributed by atoms with Crippen molar-refractivity contribution in [1.29, 1.82) is 0 Å². The average molecular weight is 294 g/mol. The van der Waals surface area contributed by atoms with Crippen LogP contribution in [0.4, 0.5) is 0 Å². The van der Waals surface area contributed by atoms with Crippen LogP contribution in [0.1, 0.15) is 5.89 Å². The number of nitrogens with one attached hydrogen (secondary N) is 1. The van der Waals surface area contributed by atoms with Gasteiger partial charge in [-0.25, -0.2) is 0 Å². The molecule has 4 nitrogen and oxygen atoms in total. The van der Waals surface area contributed by atoms with E-state index in [-0.39, 0.29) is 0 Å². The molecule has 0 amide bonds. The maximum absolute atomic E-state index is 5.14. The Morgan fingerprint density at radius 1 is 1.41 bits per heavy atom. The summed E-state index contributed by atoms with van der Waals surface area (Å²) < 4.78 is 6.09. The highest BCUT2D eigenvalue weighted by atomic mass is 79.9. The van der Waals surface area contributed by atoms with E-state index in [4.69, 9.17) is 4.52 Å². The third kappa shape index (κ3) is 3.01. The summed E-state index contributed by atoms with van der Waals surface area (Å²) in [4.78, 5) is 4.31. The van der Waals surface area contributed by atoms with Crippen LogP contribution < -0.4 is 5.32 Å². The van der Waals surface area contributed by atoms with Crippen LogP contribution in [0, 0.1) is 0 Å². The fraction of sp³-hybridized carbons (Fsp3) is 0.167. The standard InChI is InChI=1S/C12H12BrN3O/c1-2-7-14-8-11-15-12(16-17-11)9-5-3-4-6-10(9)13/h2-6,14H,1,7-8H2. The zero-order valence-corrected chi connectivity index (χ0v) is 10.8. The summed E-state index contributed by atoms with van der Waals surface area (Å²) in [6, 6.07) is 7.77. The minimum Gasteiger partial charge on any atom is -0.338 e. The number of aromatic nitrogens is 2. The minimum atomic E-state index is 0.545. The van der Waals surface area contributed by atoms with Crippen LogP contribution in [0.2, 0.25) is 0 Å². The normalized spacial score (nSPS) is 10.4. The highest BCUT2D eigenvalue weighted by Gasteiger charge is 2.10. The number of halogens is 1. The molecule has 1 aromatic heterocycles. The monoisotopic (exact) mass is 293 g/mol. The molecule has 0 spiro atoms. The van der Waals surface area contributed by atoms with Gasteiger partial charge in [0.15, 0.2) is 0 Å². The molecule has 88 valence electrons. The Bertz CT molecular complexity index is 510. The van der Waals surface area contributed by atoms with Gasteiger partial charge < -0.3 is 9.84 Å². The largest absolute Gasteiger partial charge is 0.338 e. The fourth-order valence-corrected chi connectivity index (χ4v) is 1.82. The van der Waals surface area contributed by atoms with Gasteiger partial charge in [0.2, 0.25) is 11.7 Å². The van der Waals surface area contributed by atoms with Crippen molar-refractivity contribution in [2.45, 2.75) is 6.54 Å². The molecule has 2 rings (SSSR count). The Morgan fingerprint density at radius 2 is 2.24 bits per heavy atom. The summed E-state index contributed by atoms with van der Waals surface area (Å²) in [6.07, 6.45) is 1.78. The van der Waals surface area contributed by atoms with Crippen LogP contribution in [0.5, 0.6) is 0 Å². The Morgan fingerprint density at radius 3 is 3.00 bits per heavy atom. The maximum Gasteiger partial charge on any atom is 0.240 e. The number of rotatable bonds is 5. The first-order chi connectivity index (χ1) is 8.31. The molecule has 1 heterocycles. The molecule has 0 fully saturated rings. The third-order valence-electron chi connectivity index (χ3n) is 2.15. The summed E-state index contributed by atoms with van der Waals surface area (Å²) in [5.41, 5.74) is 0.922. The molecule has 0 saturated heterocycles. The van der Waals surface area contributed by atoms with Crippen LogP contribution in [0.15, 0.2) is 45.9 Å². The van der Waals surface area contributed by atoms with Crippen molar-refractivity contribution in [3.8, 4) is 11.4 Å². The molecule has 0 aliphatic heterocycles. The van der Waals surface area contributed by atoms with Crippen molar-refractivity contribution in [2.24, 2.45) is 0 Å². The molecular weight excluding hydrogens is 282 g/mol. The summed E-state index contributed by atoms with van der Waals surface area (Å²) in [7, 11) is 0. The molecule has 0 atom stereocenters. The molecule has 1 N–H and O–H groups in total. The second-order valence-corrected chi connectivity index (χ2v) is 4.27. The van der Waals surface area contributed by atoms with Crippen LogP contribution in [-0.2, 0) is 6.54 Å². The van der Waals surface area contributed by atoms with Crippen molar-refractivity contribution in [3.63, 3.8) is 0 Å². The quantitative estimate of drug-likeness (QED) is 0.680. The fourth-order valence-electron chi connectivity index (χ4n) is 1.36. The smallest absolute Gasteiger partial charge is 0.240 e. The van der Waals surface area contributed by atoms with Crippen LogP contribution in [0.25, 0.3) is 11.4 Å². The molecular formula is C12H12BrN3O. The molecule has 0 radical (unpaired) electrons. The first kappa shape index (κ1) is 12.0. The second-order valence-electron chi connectivity index (χ2n) is 3.41. The molecule has 0 saturated carbocycles. The van der Waals surface area contributed by atoms with Crippen molar-refractivity contribution < 1.29 is 4.52 Å². The third-order valence-corrected chi connectivity index (χ3v) is 2.84. The van der Waals surface area contributed by atoms with Gasteiger partial charge in [-0.3, -0.25) is 0 Å². The van der Waals surface area contributed by atoms with Gasteiger partial charge in [0.1, 0.15) is 0 Å². The second kappa shape index (κ2) is 5.75. The Labute approximate surface area is 108 Å². The number of nitrogens with zero attached hydrogens (tertiary/aromatic N) is 2. The van der Waals surface area contributed by atoms with E-state index in [0.29, 0.717) is 24.8 Å². The van der Waals surface area contributed by atoms with Crippen molar-refractivity contribution >= 4 is 15.9 Å². The molecule has 17 heavy (non-hydrogen) atoms. The predicted octanol–water partition coefficient (Wildman–Crippen LogP) is 2.77. The van der Waals surface area contributed by atoms with E-state index in [1.165, 1.54) is 0 Å². The molecule has 0 unspecified atom stereocenters. The summed E-state index contributed by atoms with van der Waals surface area (Å²) in [6.45, 7) is 4.88. The highest BCUT2D eigenvalue weighted by Crippen LogP contribution is 2.25. The van der Waals surface area contributed by atoms with Crippen molar-refractivity contribution in [2.75, 3.05) is 6.54 Å². The van der Waals surface area contributed by atoms with Crippen LogP contribution >= 0.6 is 15.9 Å². The lowest BCUT2D eigenvalue weighted by atomic mass is 10.2. The maximum atomic E-state index is 5.14.